The molecule has 0 fully saturated rings. The first-order chi connectivity index (χ1) is 9.95. The minimum Gasteiger partial charge on any atom is -0.306 e. The van der Waals surface area contributed by atoms with Gasteiger partial charge in [-0.3, -0.25) is 0 Å². The zero-order valence-corrected chi connectivity index (χ0v) is 13.3. The van der Waals surface area contributed by atoms with Gasteiger partial charge >= 0.3 is 0 Å². The van der Waals surface area contributed by atoms with Crippen LogP contribution < -0.4 is 5.32 Å². The molecule has 0 amide bonds. The van der Waals surface area contributed by atoms with Gasteiger partial charge in [-0.1, -0.05) is 41.1 Å². The van der Waals surface area contributed by atoms with Gasteiger partial charge in [0.1, 0.15) is 0 Å². The summed E-state index contributed by atoms with van der Waals surface area (Å²) < 4.78 is 41.5. The van der Waals surface area contributed by atoms with Gasteiger partial charge in [0, 0.05) is 10.0 Å². The number of rotatable bonds is 4. The topological polar surface area (TPSA) is 12.0 Å². The summed E-state index contributed by atoms with van der Waals surface area (Å²) in [5, 5.41) is 3.10. The summed E-state index contributed by atoms with van der Waals surface area (Å²) in [5.74, 6) is -3.77. The molecule has 2 rings (SSSR count). The normalized spacial score (nSPS) is 12.5. The van der Waals surface area contributed by atoms with Gasteiger partial charge < -0.3 is 5.32 Å². The van der Waals surface area contributed by atoms with E-state index in [0.29, 0.717) is 6.54 Å². The fraction of sp³-hybridized carbons (Fsp3) is 0.250. The molecule has 0 bridgehead atoms. The maximum Gasteiger partial charge on any atom is 0.194 e. The Labute approximate surface area is 130 Å². The van der Waals surface area contributed by atoms with Crippen molar-refractivity contribution in [3.05, 3.63) is 68.9 Å². The van der Waals surface area contributed by atoms with Crippen LogP contribution in [-0.4, -0.2) is 6.54 Å². The molecule has 112 valence electrons. The second-order valence-electron chi connectivity index (χ2n) is 4.76. The number of benzene rings is 2. The standard InChI is InChI=1S/C16H15BrF3N/c1-3-21-16(10-4-6-12(17)9(2)8-10)11-5-7-13(18)15(20)14(11)19/h4-8,16,21H,3H2,1-2H3. The molecule has 0 heterocycles. The van der Waals surface area contributed by atoms with Crippen LogP contribution in [0.4, 0.5) is 13.2 Å². The monoisotopic (exact) mass is 357 g/mol. The van der Waals surface area contributed by atoms with Crippen molar-refractivity contribution in [3.8, 4) is 0 Å². The van der Waals surface area contributed by atoms with Crippen molar-refractivity contribution < 1.29 is 13.2 Å². The summed E-state index contributed by atoms with van der Waals surface area (Å²) in [7, 11) is 0. The minimum atomic E-state index is -1.44. The Morgan fingerprint density at radius 3 is 2.43 bits per heavy atom. The minimum absolute atomic E-state index is 0.0949. The van der Waals surface area contributed by atoms with E-state index in [0.717, 1.165) is 21.7 Å². The summed E-state index contributed by atoms with van der Waals surface area (Å²) in [6, 6.07) is 7.26. The van der Waals surface area contributed by atoms with Gasteiger partial charge in [-0.15, -0.1) is 0 Å². The summed E-state index contributed by atoms with van der Waals surface area (Å²) in [4.78, 5) is 0. The molecular formula is C16H15BrF3N. The molecule has 21 heavy (non-hydrogen) atoms. The summed E-state index contributed by atoms with van der Waals surface area (Å²) >= 11 is 3.41. The van der Waals surface area contributed by atoms with E-state index in [4.69, 9.17) is 0 Å². The second kappa shape index (κ2) is 6.62. The number of hydrogen-bond acceptors (Lipinski definition) is 1. The average Bonchev–Trinajstić information content (AvgIpc) is 2.46. The van der Waals surface area contributed by atoms with Crippen molar-refractivity contribution in [2.75, 3.05) is 6.54 Å². The van der Waals surface area contributed by atoms with Crippen LogP contribution in [0.2, 0.25) is 0 Å². The molecule has 0 radical (unpaired) electrons. The lowest BCUT2D eigenvalue weighted by Crippen LogP contribution is -2.23. The van der Waals surface area contributed by atoms with Crippen LogP contribution in [0, 0.1) is 24.4 Å². The Hall–Kier alpha value is -1.33. The molecule has 0 aromatic heterocycles. The van der Waals surface area contributed by atoms with E-state index in [-0.39, 0.29) is 5.56 Å². The van der Waals surface area contributed by atoms with Gasteiger partial charge in [0.25, 0.3) is 0 Å². The first kappa shape index (κ1) is 16.0. The molecule has 0 aliphatic rings. The Morgan fingerprint density at radius 2 is 1.81 bits per heavy atom. The van der Waals surface area contributed by atoms with Gasteiger partial charge in [-0.25, -0.2) is 13.2 Å². The zero-order chi connectivity index (χ0) is 15.6. The fourth-order valence-corrected chi connectivity index (χ4v) is 2.47. The lowest BCUT2D eigenvalue weighted by atomic mass is 9.96. The van der Waals surface area contributed by atoms with E-state index >= 15 is 0 Å². The molecule has 0 aliphatic carbocycles. The highest BCUT2D eigenvalue weighted by molar-refractivity contribution is 9.10. The Balaban J connectivity index is 2.53. The molecule has 0 aliphatic heterocycles. The lowest BCUT2D eigenvalue weighted by Gasteiger charge is -2.20. The lowest BCUT2D eigenvalue weighted by molar-refractivity contribution is 0.433. The maximum atomic E-state index is 14.0. The van der Waals surface area contributed by atoms with Crippen molar-refractivity contribution in [2.24, 2.45) is 0 Å². The second-order valence-corrected chi connectivity index (χ2v) is 5.62. The summed E-state index contributed by atoms with van der Waals surface area (Å²) in [5.41, 5.74) is 1.87. The van der Waals surface area contributed by atoms with Gasteiger partial charge in [-0.2, -0.15) is 0 Å². The van der Waals surface area contributed by atoms with Crippen molar-refractivity contribution in [3.63, 3.8) is 0 Å². The Kier molecular flexibility index (Phi) is 5.06. The highest BCUT2D eigenvalue weighted by Crippen LogP contribution is 2.29. The van der Waals surface area contributed by atoms with E-state index in [1.54, 1.807) is 0 Å². The summed E-state index contributed by atoms with van der Waals surface area (Å²) in [6.07, 6.45) is 0. The van der Waals surface area contributed by atoms with Crippen molar-refractivity contribution in [1.29, 1.82) is 0 Å². The largest absolute Gasteiger partial charge is 0.306 e. The van der Waals surface area contributed by atoms with E-state index in [1.807, 2.05) is 32.0 Å². The van der Waals surface area contributed by atoms with Crippen LogP contribution in [-0.2, 0) is 0 Å². The van der Waals surface area contributed by atoms with Crippen LogP contribution in [0.1, 0.15) is 29.7 Å². The molecule has 2 aromatic rings. The quantitative estimate of drug-likeness (QED) is 0.769. The van der Waals surface area contributed by atoms with Crippen molar-refractivity contribution in [1.82, 2.24) is 5.32 Å². The first-order valence-corrected chi connectivity index (χ1v) is 7.37. The third-order valence-corrected chi connectivity index (χ3v) is 4.19. The smallest absolute Gasteiger partial charge is 0.194 e. The fourth-order valence-electron chi connectivity index (χ4n) is 2.22. The Bertz CT molecular complexity index is 658. The molecule has 5 heteroatoms. The number of nitrogens with one attached hydrogen (secondary N) is 1. The maximum absolute atomic E-state index is 14.0. The predicted molar refractivity (Wildman–Crippen MR) is 80.7 cm³/mol. The SMILES string of the molecule is CCNC(c1ccc(Br)c(C)c1)c1ccc(F)c(F)c1F. The van der Waals surface area contributed by atoms with E-state index in [2.05, 4.69) is 21.2 Å². The van der Waals surface area contributed by atoms with Gasteiger partial charge in [-0.05, 0) is 36.7 Å². The summed E-state index contributed by atoms with van der Waals surface area (Å²) in [6.45, 7) is 4.35. The van der Waals surface area contributed by atoms with Gasteiger partial charge in [0.2, 0.25) is 0 Å². The molecule has 1 N–H and O–H groups in total. The van der Waals surface area contributed by atoms with Crippen LogP contribution in [0.15, 0.2) is 34.8 Å². The molecule has 0 spiro atoms. The average molecular weight is 358 g/mol. The van der Waals surface area contributed by atoms with Gasteiger partial charge in [0.15, 0.2) is 17.5 Å². The number of hydrogen-bond donors (Lipinski definition) is 1. The first-order valence-electron chi connectivity index (χ1n) is 6.58. The van der Waals surface area contributed by atoms with Crippen LogP contribution in [0.5, 0.6) is 0 Å². The zero-order valence-electron chi connectivity index (χ0n) is 11.7. The predicted octanol–water partition coefficient (Wildman–Crippen LogP) is 4.87. The number of aryl methyl sites for hydroxylation is 1. The molecule has 1 nitrogen and oxygen atoms in total. The van der Waals surface area contributed by atoms with Crippen LogP contribution >= 0.6 is 15.9 Å². The molecule has 2 aromatic carbocycles. The van der Waals surface area contributed by atoms with Crippen LogP contribution in [0.25, 0.3) is 0 Å². The van der Waals surface area contributed by atoms with E-state index in [9.17, 15) is 13.2 Å². The van der Waals surface area contributed by atoms with E-state index < -0.39 is 23.5 Å². The molecule has 1 unspecified atom stereocenters. The molecule has 1 atom stereocenters. The van der Waals surface area contributed by atoms with Crippen LogP contribution in [0.3, 0.4) is 0 Å². The molecule has 0 saturated carbocycles. The molecule has 0 saturated heterocycles. The van der Waals surface area contributed by atoms with Gasteiger partial charge in [0.05, 0.1) is 6.04 Å². The number of halogens is 4. The highest BCUT2D eigenvalue weighted by Gasteiger charge is 2.22. The van der Waals surface area contributed by atoms with Crippen molar-refractivity contribution >= 4 is 15.9 Å². The molecular weight excluding hydrogens is 343 g/mol. The van der Waals surface area contributed by atoms with Crippen molar-refractivity contribution in [2.45, 2.75) is 19.9 Å². The Morgan fingerprint density at radius 1 is 1.10 bits per heavy atom. The van der Waals surface area contributed by atoms with E-state index in [1.165, 1.54) is 6.07 Å². The third-order valence-electron chi connectivity index (χ3n) is 3.30. The third kappa shape index (κ3) is 3.30. The highest BCUT2D eigenvalue weighted by atomic mass is 79.9.